The van der Waals surface area contributed by atoms with Crippen LogP contribution in [0.3, 0.4) is 0 Å². The normalized spacial score (nSPS) is 9.23. The second-order valence-electron chi connectivity index (χ2n) is 3.48. The molecule has 1 aromatic rings. The van der Waals surface area contributed by atoms with Crippen molar-refractivity contribution in [1.29, 1.82) is 0 Å². The molecule has 0 spiro atoms. The fraction of sp³-hybridized carbons (Fsp3) is 0.364. The summed E-state index contributed by atoms with van der Waals surface area (Å²) in [5.41, 5.74) is 4.92. The molecule has 0 amide bonds. The Bertz CT molecular complexity index is 269. The number of benzene rings is 1. The SMILES string of the molecule is [CH2-]c1cc(C)cc(C)c1N(C)C.[Li+]. The van der Waals surface area contributed by atoms with Gasteiger partial charge < -0.3 is 4.90 Å². The Morgan fingerprint density at radius 2 is 1.69 bits per heavy atom. The molecule has 0 fully saturated rings. The first-order valence-corrected chi connectivity index (χ1v) is 4.13. The van der Waals surface area contributed by atoms with E-state index in [-0.39, 0.29) is 18.9 Å². The Hall–Kier alpha value is -0.513. The summed E-state index contributed by atoms with van der Waals surface area (Å²) in [5, 5.41) is 0. The van der Waals surface area contributed by atoms with Crippen molar-refractivity contribution in [1.82, 2.24) is 0 Å². The summed E-state index contributed by atoms with van der Waals surface area (Å²) >= 11 is 0. The summed E-state index contributed by atoms with van der Waals surface area (Å²) in [6.45, 7) is 8.24. The first-order chi connectivity index (χ1) is 5.52. The van der Waals surface area contributed by atoms with Gasteiger partial charge in [-0.25, -0.2) is 0 Å². The molecule has 0 atom stereocenters. The molecule has 2 heteroatoms. The van der Waals surface area contributed by atoms with Crippen LogP contribution in [0.4, 0.5) is 5.69 Å². The predicted octanol–water partition coefficient (Wildman–Crippen LogP) is -0.444. The van der Waals surface area contributed by atoms with Gasteiger partial charge >= 0.3 is 18.9 Å². The molecule has 1 aromatic carbocycles. The van der Waals surface area contributed by atoms with E-state index >= 15 is 0 Å². The van der Waals surface area contributed by atoms with Gasteiger partial charge in [-0.15, -0.1) is 5.56 Å². The van der Waals surface area contributed by atoms with Gasteiger partial charge in [0.1, 0.15) is 0 Å². The summed E-state index contributed by atoms with van der Waals surface area (Å²) in [7, 11) is 4.10. The minimum absolute atomic E-state index is 0. The largest absolute Gasteiger partial charge is 1.00 e. The Balaban J connectivity index is 0.00000144. The van der Waals surface area contributed by atoms with E-state index in [1.165, 1.54) is 16.8 Å². The summed E-state index contributed by atoms with van der Waals surface area (Å²) < 4.78 is 0. The van der Waals surface area contributed by atoms with Gasteiger partial charge in [0, 0.05) is 0 Å². The number of nitrogens with zero attached hydrogens (tertiary/aromatic N) is 1. The molecule has 0 aromatic heterocycles. The van der Waals surface area contributed by atoms with Crippen LogP contribution in [0.2, 0.25) is 0 Å². The molecule has 1 rings (SSSR count). The van der Waals surface area contributed by atoms with Crippen LogP contribution in [0, 0.1) is 20.8 Å². The molecular formula is C11H16LiN. The molecule has 0 heterocycles. The van der Waals surface area contributed by atoms with Crippen molar-refractivity contribution < 1.29 is 18.9 Å². The summed E-state index contributed by atoms with van der Waals surface area (Å²) in [6.07, 6.45) is 0. The van der Waals surface area contributed by atoms with E-state index < -0.39 is 0 Å². The van der Waals surface area contributed by atoms with Crippen LogP contribution < -0.4 is 23.8 Å². The van der Waals surface area contributed by atoms with Crippen molar-refractivity contribution in [2.45, 2.75) is 13.8 Å². The Labute approximate surface area is 93.3 Å². The van der Waals surface area contributed by atoms with Crippen LogP contribution in [0.5, 0.6) is 0 Å². The molecule has 13 heavy (non-hydrogen) atoms. The maximum Gasteiger partial charge on any atom is 1.00 e. The number of hydrogen-bond acceptors (Lipinski definition) is 1. The van der Waals surface area contributed by atoms with Crippen LogP contribution in [0.15, 0.2) is 12.1 Å². The Kier molecular flexibility index (Phi) is 4.46. The second kappa shape index (κ2) is 4.65. The van der Waals surface area contributed by atoms with Crippen molar-refractivity contribution in [3.05, 3.63) is 35.7 Å². The van der Waals surface area contributed by atoms with Gasteiger partial charge in [0.15, 0.2) is 0 Å². The van der Waals surface area contributed by atoms with Gasteiger partial charge in [-0.2, -0.15) is 18.6 Å². The fourth-order valence-corrected chi connectivity index (χ4v) is 1.69. The number of aryl methyl sites for hydroxylation is 2. The maximum absolute atomic E-state index is 4.02. The molecule has 0 N–H and O–H groups in total. The van der Waals surface area contributed by atoms with Crippen molar-refractivity contribution >= 4 is 5.69 Å². The zero-order valence-electron chi connectivity index (χ0n) is 9.31. The molecule has 66 valence electrons. The quantitative estimate of drug-likeness (QED) is 0.407. The smallest absolute Gasteiger partial charge is 0.428 e. The minimum Gasteiger partial charge on any atom is -0.428 e. The molecule has 0 saturated heterocycles. The van der Waals surface area contributed by atoms with E-state index in [9.17, 15) is 0 Å². The number of rotatable bonds is 1. The summed E-state index contributed by atoms with van der Waals surface area (Å²) in [5.74, 6) is 0. The van der Waals surface area contributed by atoms with Crippen LogP contribution >= 0.6 is 0 Å². The monoisotopic (exact) mass is 169 g/mol. The van der Waals surface area contributed by atoms with Crippen molar-refractivity contribution in [2.24, 2.45) is 0 Å². The van der Waals surface area contributed by atoms with Gasteiger partial charge in [0.2, 0.25) is 0 Å². The molecule has 0 saturated carbocycles. The Morgan fingerprint density at radius 3 is 2.08 bits per heavy atom. The third-order valence-corrected chi connectivity index (χ3v) is 1.97. The first-order valence-electron chi connectivity index (χ1n) is 4.13. The summed E-state index contributed by atoms with van der Waals surface area (Å²) in [6, 6.07) is 4.30. The van der Waals surface area contributed by atoms with Crippen LogP contribution in [0.1, 0.15) is 16.7 Å². The van der Waals surface area contributed by atoms with Crippen molar-refractivity contribution in [3.63, 3.8) is 0 Å². The number of hydrogen-bond donors (Lipinski definition) is 0. The van der Waals surface area contributed by atoms with Gasteiger partial charge in [-0.3, -0.25) is 0 Å². The van der Waals surface area contributed by atoms with Gasteiger partial charge in [-0.05, 0) is 21.0 Å². The average molecular weight is 169 g/mol. The van der Waals surface area contributed by atoms with E-state index in [4.69, 9.17) is 0 Å². The molecule has 0 aliphatic carbocycles. The first kappa shape index (κ1) is 12.5. The second-order valence-corrected chi connectivity index (χ2v) is 3.48. The van der Waals surface area contributed by atoms with Crippen LogP contribution in [0.25, 0.3) is 0 Å². The molecule has 0 bridgehead atoms. The minimum atomic E-state index is 0. The van der Waals surface area contributed by atoms with E-state index in [0.717, 1.165) is 5.56 Å². The maximum atomic E-state index is 4.02. The molecule has 0 unspecified atom stereocenters. The zero-order chi connectivity index (χ0) is 9.30. The number of anilines is 1. The van der Waals surface area contributed by atoms with Crippen molar-refractivity contribution in [3.8, 4) is 0 Å². The van der Waals surface area contributed by atoms with E-state index in [1.807, 2.05) is 14.1 Å². The van der Waals surface area contributed by atoms with E-state index in [2.05, 4.69) is 37.8 Å². The molecule has 0 radical (unpaired) electrons. The third-order valence-electron chi connectivity index (χ3n) is 1.97. The summed E-state index contributed by atoms with van der Waals surface area (Å²) in [4.78, 5) is 2.11. The standard InChI is InChI=1S/C11H16N.Li/c1-8-6-9(2)11(12(4)5)10(3)7-8;/h6-7H,2H2,1,3-5H3;/q-1;+1. The molecule has 0 aliphatic rings. The van der Waals surface area contributed by atoms with Crippen LogP contribution in [-0.4, -0.2) is 14.1 Å². The fourth-order valence-electron chi connectivity index (χ4n) is 1.69. The topological polar surface area (TPSA) is 3.24 Å². The third kappa shape index (κ3) is 2.72. The Morgan fingerprint density at radius 1 is 1.15 bits per heavy atom. The van der Waals surface area contributed by atoms with Gasteiger partial charge in [-0.1, -0.05) is 24.2 Å². The zero-order valence-corrected chi connectivity index (χ0v) is 9.31. The van der Waals surface area contributed by atoms with E-state index in [0.29, 0.717) is 0 Å². The molecular weight excluding hydrogens is 153 g/mol. The van der Waals surface area contributed by atoms with Gasteiger partial charge in [0.05, 0.1) is 0 Å². The van der Waals surface area contributed by atoms with Crippen LogP contribution in [-0.2, 0) is 0 Å². The van der Waals surface area contributed by atoms with Gasteiger partial charge in [0.25, 0.3) is 0 Å². The average Bonchev–Trinajstić information content (AvgIpc) is 1.82. The molecule has 0 aliphatic heterocycles. The molecule has 1 nitrogen and oxygen atoms in total. The van der Waals surface area contributed by atoms with Crippen molar-refractivity contribution in [2.75, 3.05) is 19.0 Å². The predicted molar refractivity (Wildman–Crippen MR) is 54.7 cm³/mol. The van der Waals surface area contributed by atoms with E-state index in [1.54, 1.807) is 0 Å².